The van der Waals surface area contributed by atoms with Crippen molar-refractivity contribution in [3.63, 3.8) is 0 Å². The molecule has 0 spiro atoms. The molecule has 0 N–H and O–H groups in total. The number of carbonyl (C=O) groups is 1. The maximum Gasteiger partial charge on any atom is 0.357 e. The predicted molar refractivity (Wildman–Crippen MR) is 94.6 cm³/mol. The van der Waals surface area contributed by atoms with Crippen LogP contribution in [0.25, 0.3) is 17.0 Å². The van der Waals surface area contributed by atoms with Crippen molar-refractivity contribution in [2.45, 2.75) is 6.61 Å². The van der Waals surface area contributed by atoms with Crippen LogP contribution in [0.5, 0.6) is 0 Å². The SMILES string of the molecule is O=C(OCc1ncc(-c2ccccc2)o1)c1cncn1-c1ccc(F)cc1. The molecule has 0 aliphatic heterocycles. The van der Waals surface area contributed by atoms with Crippen molar-refractivity contribution in [1.29, 1.82) is 0 Å². The van der Waals surface area contributed by atoms with Crippen molar-refractivity contribution in [3.05, 3.63) is 90.7 Å². The summed E-state index contributed by atoms with van der Waals surface area (Å²) >= 11 is 0. The van der Waals surface area contributed by atoms with E-state index in [4.69, 9.17) is 9.15 Å². The summed E-state index contributed by atoms with van der Waals surface area (Å²) in [5.41, 5.74) is 1.71. The normalized spacial score (nSPS) is 10.7. The molecule has 0 amide bonds. The van der Waals surface area contributed by atoms with Crippen LogP contribution in [0.4, 0.5) is 4.39 Å². The Balaban J connectivity index is 1.46. The number of oxazole rings is 1. The predicted octanol–water partition coefficient (Wildman–Crippen LogP) is 4.02. The quantitative estimate of drug-likeness (QED) is 0.501. The smallest absolute Gasteiger partial charge is 0.357 e. The van der Waals surface area contributed by atoms with E-state index >= 15 is 0 Å². The zero-order valence-electron chi connectivity index (χ0n) is 14.1. The lowest BCUT2D eigenvalue weighted by Gasteiger charge is -2.07. The van der Waals surface area contributed by atoms with Crippen LogP contribution < -0.4 is 0 Å². The van der Waals surface area contributed by atoms with Gasteiger partial charge in [0, 0.05) is 11.3 Å². The van der Waals surface area contributed by atoms with Gasteiger partial charge in [0.2, 0.25) is 5.89 Å². The van der Waals surface area contributed by atoms with E-state index in [1.807, 2.05) is 30.3 Å². The number of nitrogens with zero attached hydrogens (tertiary/aromatic N) is 3. The average Bonchev–Trinajstić information content (AvgIpc) is 3.37. The highest BCUT2D eigenvalue weighted by Crippen LogP contribution is 2.20. The first-order valence-electron chi connectivity index (χ1n) is 8.16. The Morgan fingerprint density at radius 3 is 2.63 bits per heavy atom. The van der Waals surface area contributed by atoms with Crippen LogP contribution >= 0.6 is 0 Å². The van der Waals surface area contributed by atoms with Crippen LogP contribution in [-0.2, 0) is 11.3 Å². The maximum atomic E-state index is 13.1. The molecule has 0 aliphatic carbocycles. The van der Waals surface area contributed by atoms with Crippen LogP contribution in [0.2, 0.25) is 0 Å². The fourth-order valence-corrected chi connectivity index (χ4v) is 2.57. The van der Waals surface area contributed by atoms with Gasteiger partial charge in [-0.3, -0.25) is 4.57 Å². The zero-order chi connectivity index (χ0) is 18.6. The van der Waals surface area contributed by atoms with Gasteiger partial charge in [0.15, 0.2) is 18.1 Å². The molecule has 0 saturated heterocycles. The molecule has 134 valence electrons. The molecule has 4 aromatic rings. The molecule has 0 atom stereocenters. The van der Waals surface area contributed by atoms with Gasteiger partial charge in [-0.25, -0.2) is 19.2 Å². The minimum Gasteiger partial charge on any atom is -0.451 e. The minimum absolute atomic E-state index is 0.111. The van der Waals surface area contributed by atoms with Gasteiger partial charge >= 0.3 is 5.97 Å². The van der Waals surface area contributed by atoms with Crippen LogP contribution in [0.1, 0.15) is 16.4 Å². The topological polar surface area (TPSA) is 70.2 Å². The molecule has 0 aliphatic rings. The fourth-order valence-electron chi connectivity index (χ4n) is 2.57. The highest BCUT2D eigenvalue weighted by molar-refractivity contribution is 5.88. The number of aromatic nitrogens is 3. The van der Waals surface area contributed by atoms with Gasteiger partial charge in [0.05, 0.1) is 18.7 Å². The molecule has 0 radical (unpaired) electrons. The molecule has 6 nitrogen and oxygen atoms in total. The summed E-state index contributed by atoms with van der Waals surface area (Å²) in [5.74, 6) is -0.0644. The lowest BCUT2D eigenvalue weighted by atomic mass is 10.2. The summed E-state index contributed by atoms with van der Waals surface area (Å²) < 4.78 is 25.5. The van der Waals surface area contributed by atoms with Gasteiger partial charge in [-0.2, -0.15) is 0 Å². The first kappa shape index (κ1) is 16.7. The largest absolute Gasteiger partial charge is 0.451 e. The molecule has 0 saturated carbocycles. The Morgan fingerprint density at radius 1 is 1.07 bits per heavy atom. The molecule has 2 aromatic carbocycles. The molecule has 7 heteroatoms. The van der Waals surface area contributed by atoms with Crippen LogP contribution in [0.15, 0.2) is 77.7 Å². The molecule has 0 bridgehead atoms. The summed E-state index contributed by atoms with van der Waals surface area (Å²) in [5, 5.41) is 0. The second-order valence-corrected chi connectivity index (χ2v) is 5.69. The molecule has 27 heavy (non-hydrogen) atoms. The van der Waals surface area contributed by atoms with E-state index in [9.17, 15) is 9.18 Å². The molecular formula is C20H14FN3O3. The van der Waals surface area contributed by atoms with Crippen molar-refractivity contribution in [2.75, 3.05) is 0 Å². The highest BCUT2D eigenvalue weighted by atomic mass is 19.1. The molecule has 0 unspecified atom stereocenters. The molecular weight excluding hydrogens is 349 g/mol. The van der Waals surface area contributed by atoms with Crippen LogP contribution in [0.3, 0.4) is 0 Å². The number of imidazole rings is 1. The summed E-state index contributed by atoms with van der Waals surface area (Å²) in [4.78, 5) is 20.5. The van der Waals surface area contributed by atoms with E-state index in [0.29, 0.717) is 11.4 Å². The third-order valence-corrected chi connectivity index (χ3v) is 3.89. The zero-order valence-corrected chi connectivity index (χ0v) is 14.1. The summed E-state index contributed by atoms with van der Waals surface area (Å²) in [6, 6.07) is 15.2. The Labute approximate surface area is 153 Å². The summed E-state index contributed by atoms with van der Waals surface area (Å²) in [7, 11) is 0. The highest BCUT2D eigenvalue weighted by Gasteiger charge is 2.16. The maximum absolute atomic E-state index is 13.1. The van der Waals surface area contributed by atoms with Gasteiger partial charge in [-0.1, -0.05) is 30.3 Å². The van der Waals surface area contributed by atoms with Gasteiger partial charge in [-0.15, -0.1) is 0 Å². The lowest BCUT2D eigenvalue weighted by Crippen LogP contribution is -2.10. The number of rotatable bonds is 5. The van der Waals surface area contributed by atoms with Crippen molar-refractivity contribution in [2.24, 2.45) is 0 Å². The minimum atomic E-state index is -0.587. The monoisotopic (exact) mass is 363 g/mol. The number of hydrogen-bond donors (Lipinski definition) is 0. The number of benzene rings is 2. The third kappa shape index (κ3) is 3.62. The number of halogens is 1. The second kappa shape index (κ2) is 7.25. The van der Waals surface area contributed by atoms with E-state index in [0.717, 1.165) is 5.56 Å². The van der Waals surface area contributed by atoms with E-state index in [2.05, 4.69) is 9.97 Å². The van der Waals surface area contributed by atoms with Gasteiger partial charge in [0.1, 0.15) is 5.82 Å². The number of ether oxygens (including phenoxy) is 1. The van der Waals surface area contributed by atoms with Gasteiger partial charge in [0.25, 0.3) is 0 Å². The van der Waals surface area contributed by atoms with Crippen LogP contribution in [0, 0.1) is 5.82 Å². The van der Waals surface area contributed by atoms with E-state index < -0.39 is 5.97 Å². The van der Waals surface area contributed by atoms with Crippen molar-refractivity contribution < 1.29 is 18.3 Å². The lowest BCUT2D eigenvalue weighted by molar-refractivity contribution is 0.0429. The van der Waals surface area contributed by atoms with Crippen molar-refractivity contribution in [3.8, 4) is 17.0 Å². The molecule has 2 heterocycles. The van der Waals surface area contributed by atoms with Gasteiger partial charge < -0.3 is 9.15 Å². The standard InChI is InChI=1S/C20H14FN3O3/c21-15-6-8-16(9-7-15)24-13-22-10-17(24)20(25)26-12-19-23-11-18(27-19)14-4-2-1-3-5-14/h1-11,13H,12H2. The Hall–Kier alpha value is -3.74. The van der Waals surface area contributed by atoms with E-state index in [1.165, 1.54) is 29.2 Å². The first-order chi connectivity index (χ1) is 13.2. The summed E-state index contributed by atoms with van der Waals surface area (Å²) in [6.07, 6.45) is 4.43. The molecule has 4 rings (SSSR count). The van der Waals surface area contributed by atoms with E-state index in [1.54, 1.807) is 18.3 Å². The number of carbonyl (C=O) groups excluding carboxylic acids is 1. The average molecular weight is 363 g/mol. The van der Waals surface area contributed by atoms with Crippen molar-refractivity contribution in [1.82, 2.24) is 14.5 Å². The number of esters is 1. The summed E-state index contributed by atoms with van der Waals surface area (Å²) in [6.45, 7) is -0.111. The number of hydrogen-bond acceptors (Lipinski definition) is 5. The first-order valence-corrected chi connectivity index (χ1v) is 8.16. The second-order valence-electron chi connectivity index (χ2n) is 5.69. The van der Waals surface area contributed by atoms with Crippen molar-refractivity contribution >= 4 is 5.97 Å². The third-order valence-electron chi connectivity index (χ3n) is 3.89. The molecule has 2 aromatic heterocycles. The van der Waals surface area contributed by atoms with Crippen LogP contribution in [-0.4, -0.2) is 20.5 Å². The Morgan fingerprint density at radius 2 is 1.85 bits per heavy atom. The molecule has 0 fully saturated rings. The van der Waals surface area contributed by atoms with E-state index in [-0.39, 0.29) is 24.0 Å². The van der Waals surface area contributed by atoms with Gasteiger partial charge in [-0.05, 0) is 24.3 Å². The Kier molecular flexibility index (Phi) is 4.49. The Bertz CT molecular complexity index is 1060. The fraction of sp³-hybridized carbons (Fsp3) is 0.0500.